The minimum absolute atomic E-state index is 0.00775. The van der Waals surface area contributed by atoms with Gasteiger partial charge in [0.1, 0.15) is 0 Å². The van der Waals surface area contributed by atoms with E-state index >= 15 is 0 Å². The monoisotopic (exact) mass is 304 g/mol. The molecule has 0 saturated carbocycles. The average molecular weight is 304 g/mol. The lowest BCUT2D eigenvalue weighted by molar-refractivity contribution is 0.0925. The molecule has 0 saturated heterocycles. The molecule has 21 heavy (non-hydrogen) atoms. The van der Waals surface area contributed by atoms with Crippen molar-refractivity contribution in [3.05, 3.63) is 40.3 Å². The van der Waals surface area contributed by atoms with Gasteiger partial charge in [0.05, 0.1) is 11.7 Å². The van der Waals surface area contributed by atoms with Crippen molar-refractivity contribution in [1.29, 1.82) is 0 Å². The summed E-state index contributed by atoms with van der Waals surface area (Å²) in [6.07, 6.45) is 1.84. The van der Waals surface area contributed by atoms with Gasteiger partial charge in [0.25, 0.3) is 5.91 Å². The van der Waals surface area contributed by atoms with Crippen LogP contribution in [0.3, 0.4) is 0 Å². The average Bonchev–Trinajstić information content (AvgIpc) is 3.14. The Hall–Kier alpha value is -1.66. The molecule has 0 spiro atoms. The predicted molar refractivity (Wildman–Crippen MR) is 83.5 cm³/mol. The van der Waals surface area contributed by atoms with Crippen LogP contribution in [0.15, 0.2) is 29.1 Å². The highest BCUT2D eigenvalue weighted by Crippen LogP contribution is 2.21. The summed E-state index contributed by atoms with van der Waals surface area (Å²) in [7, 11) is 0. The molecule has 1 atom stereocenters. The second-order valence-corrected chi connectivity index (χ2v) is 6.45. The number of nitrogens with zero attached hydrogens (tertiary/aromatic N) is 3. The molecule has 2 aromatic rings. The van der Waals surface area contributed by atoms with Crippen LogP contribution in [0, 0.1) is 0 Å². The first kappa shape index (κ1) is 14.3. The van der Waals surface area contributed by atoms with E-state index in [1.54, 1.807) is 0 Å². The summed E-state index contributed by atoms with van der Waals surface area (Å²) in [4.78, 5) is 14.5. The van der Waals surface area contributed by atoms with E-state index in [4.69, 9.17) is 0 Å². The number of fused-ring (bicyclic) bond motifs is 1. The maximum absolute atomic E-state index is 12.1. The number of thiophene rings is 1. The fourth-order valence-electron chi connectivity index (χ4n) is 2.67. The smallest absolute Gasteiger partial charge is 0.252 e. The van der Waals surface area contributed by atoms with Gasteiger partial charge in [-0.05, 0) is 31.4 Å². The normalized spacial score (nSPS) is 18.7. The molecule has 5 nitrogen and oxygen atoms in total. The molecule has 6 heteroatoms. The summed E-state index contributed by atoms with van der Waals surface area (Å²) >= 11 is 1.54. The first-order valence-corrected chi connectivity index (χ1v) is 8.16. The Balaban J connectivity index is 1.69. The van der Waals surface area contributed by atoms with Gasteiger partial charge in [-0.15, -0.1) is 0 Å². The first-order chi connectivity index (χ1) is 10.1. The standard InChI is InChI=1S/C15H20N4OS/c1-11(2)18-8-13-3-5-17-19(13)14(9-18)7-16-15(20)12-4-6-21-10-12/h3-6,10-11,14H,7-9H2,1-2H3,(H,16,20)/t14-/m0/s1. The summed E-state index contributed by atoms with van der Waals surface area (Å²) in [5, 5.41) is 11.2. The molecule has 2 aromatic heterocycles. The van der Waals surface area contributed by atoms with Crippen LogP contribution in [0.5, 0.6) is 0 Å². The van der Waals surface area contributed by atoms with E-state index < -0.39 is 0 Å². The lowest BCUT2D eigenvalue weighted by Crippen LogP contribution is -2.45. The minimum Gasteiger partial charge on any atom is -0.350 e. The lowest BCUT2D eigenvalue weighted by Gasteiger charge is -2.36. The zero-order valence-electron chi connectivity index (χ0n) is 12.3. The third-order valence-corrected chi connectivity index (χ3v) is 4.60. The maximum atomic E-state index is 12.1. The van der Waals surface area contributed by atoms with Crippen molar-refractivity contribution < 1.29 is 4.79 Å². The van der Waals surface area contributed by atoms with Gasteiger partial charge >= 0.3 is 0 Å². The summed E-state index contributed by atoms with van der Waals surface area (Å²) < 4.78 is 2.05. The molecule has 0 unspecified atom stereocenters. The highest BCUT2D eigenvalue weighted by atomic mass is 32.1. The third-order valence-electron chi connectivity index (χ3n) is 3.92. The van der Waals surface area contributed by atoms with Crippen molar-refractivity contribution in [3.63, 3.8) is 0 Å². The molecule has 0 aliphatic carbocycles. The van der Waals surface area contributed by atoms with E-state index in [0.29, 0.717) is 12.6 Å². The van der Waals surface area contributed by atoms with Crippen LogP contribution in [0.4, 0.5) is 0 Å². The van der Waals surface area contributed by atoms with Crippen LogP contribution < -0.4 is 5.32 Å². The summed E-state index contributed by atoms with van der Waals surface area (Å²) in [5.74, 6) is -0.00775. The largest absolute Gasteiger partial charge is 0.350 e. The van der Waals surface area contributed by atoms with Gasteiger partial charge in [0.2, 0.25) is 0 Å². The van der Waals surface area contributed by atoms with E-state index in [1.807, 2.05) is 27.7 Å². The van der Waals surface area contributed by atoms with Gasteiger partial charge in [-0.1, -0.05) is 0 Å². The van der Waals surface area contributed by atoms with Gasteiger partial charge in [-0.2, -0.15) is 16.4 Å². The molecule has 112 valence electrons. The molecule has 0 aromatic carbocycles. The maximum Gasteiger partial charge on any atom is 0.252 e. The molecule has 0 bridgehead atoms. The molecular formula is C15H20N4OS. The fraction of sp³-hybridized carbons (Fsp3) is 0.467. The highest BCUT2D eigenvalue weighted by Gasteiger charge is 2.27. The molecule has 0 radical (unpaired) electrons. The van der Waals surface area contributed by atoms with Crippen LogP contribution >= 0.6 is 11.3 Å². The van der Waals surface area contributed by atoms with Gasteiger partial charge < -0.3 is 5.32 Å². The van der Waals surface area contributed by atoms with Crippen molar-refractivity contribution in [3.8, 4) is 0 Å². The Morgan fingerprint density at radius 2 is 2.38 bits per heavy atom. The Labute approximate surface area is 128 Å². The van der Waals surface area contributed by atoms with Crippen molar-refractivity contribution in [2.45, 2.75) is 32.5 Å². The highest BCUT2D eigenvalue weighted by molar-refractivity contribution is 7.08. The fourth-order valence-corrected chi connectivity index (χ4v) is 3.30. The Morgan fingerprint density at radius 3 is 3.10 bits per heavy atom. The van der Waals surface area contributed by atoms with Crippen LogP contribution in [0.25, 0.3) is 0 Å². The van der Waals surface area contributed by atoms with E-state index in [0.717, 1.165) is 18.7 Å². The third kappa shape index (κ3) is 3.01. The number of aromatic nitrogens is 2. The topological polar surface area (TPSA) is 50.2 Å². The molecule has 3 heterocycles. The van der Waals surface area contributed by atoms with Gasteiger partial charge in [-0.25, -0.2) is 0 Å². The quantitative estimate of drug-likeness (QED) is 0.941. The van der Waals surface area contributed by atoms with Crippen LogP contribution in [-0.2, 0) is 6.54 Å². The van der Waals surface area contributed by atoms with E-state index in [9.17, 15) is 4.79 Å². The number of carbonyl (C=O) groups is 1. The summed E-state index contributed by atoms with van der Waals surface area (Å²) in [6, 6.07) is 4.58. The van der Waals surface area contributed by atoms with Crippen molar-refractivity contribution in [1.82, 2.24) is 20.0 Å². The Bertz CT molecular complexity index is 605. The predicted octanol–water partition coefficient (Wildman–Crippen LogP) is 2.14. The number of hydrogen-bond donors (Lipinski definition) is 1. The number of rotatable bonds is 4. The van der Waals surface area contributed by atoms with Crippen LogP contribution in [0.1, 0.15) is 35.9 Å². The molecule has 3 rings (SSSR count). The molecule has 1 aliphatic heterocycles. The first-order valence-electron chi connectivity index (χ1n) is 7.22. The Kier molecular flexibility index (Phi) is 4.07. The molecule has 1 N–H and O–H groups in total. The van der Waals surface area contributed by atoms with Gasteiger partial charge in [-0.3, -0.25) is 14.4 Å². The summed E-state index contributed by atoms with van der Waals surface area (Å²) in [5.41, 5.74) is 1.95. The van der Waals surface area contributed by atoms with Crippen LogP contribution in [-0.4, -0.2) is 39.7 Å². The minimum atomic E-state index is -0.00775. The SMILES string of the molecule is CC(C)N1Cc2ccnn2[C@@H](CNC(=O)c2ccsc2)C1. The molecule has 1 amide bonds. The molecule has 1 aliphatic rings. The van der Waals surface area contributed by atoms with Crippen LogP contribution in [0.2, 0.25) is 0 Å². The second-order valence-electron chi connectivity index (χ2n) is 5.67. The molecular weight excluding hydrogens is 284 g/mol. The number of amides is 1. The van der Waals surface area contributed by atoms with Gasteiger partial charge in [0, 0.05) is 42.8 Å². The number of nitrogens with one attached hydrogen (secondary N) is 1. The second kappa shape index (κ2) is 5.99. The van der Waals surface area contributed by atoms with Crippen molar-refractivity contribution >= 4 is 17.2 Å². The van der Waals surface area contributed by atoms with Crippen molar-refractivity contribution in [2.24, 2.45) is 0 Å². The van der Waals surface area contributed by atoms with Crippen molar-refractivity contribution in [2.75, 3.05) is 13.1 Å². The van der Waals surface area contributed by atoms with E-state index in [1.165, 1.54) is 17.0 Å². The zero-order chi connectivity index (χ0) is 14.8. The Morgan fingerprint density at radius 1 is 1.52 bits per heavy atom. The lowest BCUT2D eigenvalue weighted by atomic mass is 10.1. The number of hydrogen-bond acceptors (Lipinski definition) is 4. The summed E-state index contributed by atoms with van der Waals surface area (Å²) in [6.45, 7) is 6.84. The zero-order valence-corrected chi connectivity index (χ0v) is 13.1. The van der Waals surface area contributed by atoms with E-state index in [2.05, 4.69) is 35.2 Å². The molecule has 0 fully saturated rings. The van der Waals surface area contributed by atoms with Gasteiger partial charge in [0.15, 0.2) is 0 Å². The van der Waals surface area contributed by atoms with E-state index in [-0.39, 0.29) is 11.9 Å². The number of carbonyl (C=O) groups excluding carboxylic acids is 1.